The van der Waals surface area contributed by atoms with Gasteiger partial charge in [0.2, 0.25) is 5.91 Å². The topological polar surface area (TPSA) is 40.6 Å². The quantitative estimate of drug-likeness (QED) is 0.860. The Morgan fingerprint density at radius 3 is 2.56 bits per heavy atom. The van der Waals surface area contributed by atoms with Crippen molar-refractivity contribution in [3.8, 4) is 0 Å². The van der Waals surface area contributed by atoms with Crippen LogP contribution in [0.2, 0.25) is 0 Å². The number of carbonyl (C=O) groups is 2. The van der Waals surface area contributed by atoms with Gasteiger partial charge in [-0.1, -0.05) is 30.3 Å². The number of hydrogen-bond donors (Lipinski definition) is 0. The van der Waals surface area contributed by atoms with Gasteiger partial charge in [0.05, 0.1) is 11.5 Å². The molecule has 25 heavy (non-hydrogen) atoms. The van der Waals surface area contributed by atoms with Gasteiger partial charge in [0.1, 0.15) is 5.82 Å². The smallest absolute Gasteiger partial charge is 0.256 e. The Bertz CT molecular complexity index is 792. The van der Waals surface area contributed by atoms with Crippen LogP contribution in [0.25, 0.3) is 0 Å². The Balaban J connectivity index is 1.70. The zero-order valence-corrected chi connectivity index (χ0v) is 14.4. The molecule has 0 N–H and O–H groups in total. The lowest BCUT2D eigenvalue weighted by Gasteiger charge is -2.22. The molecule has 130 valence electrons. The van der Waals surface area contributed by atoms with Gasteiger partial charge in [0, 0.05) is 25.8 Å². The van der Waals surface area contributed by atoms with E-state index in [1.165, 1.54) is 6.07 Å². The van der Waals surface area contributed by atoms with Crippen LogP contribution in [0.3, 0.4) is 0 Å². The number of halogens is 1. The van der Waals surface area contributed by atoms with E-state index >= 15 is 0 Å². The normalized spacial score (nSPS) is 16.8. The summed E-state index contributed by atoms with van der Waals surface area (Å²) >= 11 is 0. The first kappa shape index (κ1) is 17.1. The molecule has 1 atom stereocenters. The molecule has 4 nitrogen and oxygen atoms in total. The summed E-state index contributed by atoms with van der Waals surface area (Å²) in [5.74, 6) is -1.12. The zero-order chi connectivity index (χ0) is 18.0. The Hall–Kier alpha value is -2.69. The molecule has 1 fully saturated rings. The van der Waals surface area contributed by atoms with Crippen LogP contribution >= 0.6 is 0 Å². The first-order valence-electron chi connectivity index (χ1n) is 8.36. The molecule has 2 aromatic carbocycles. The van der Waals surface area contributed by atoms with Crippen LogP contribution in [-0.4, -0.2) is 36.9 Å². The first-order valence-corrected chi connectivity index (χ1v) is 8.36. The number of likely N-dealkylation sites (tertiary alicyclic amines) is 1. The summed E-state index contributed by atoms with van der Waals surface area (Å²) in [6.07, 6.45) is 0.592. The van der Waals surface area contributed by atoms with E-state index in [0.717, 1.165) is 5.69 Å². The minimum absolute atomic E-state index is 0.0220. The maximum Gasteiger partial charge on any atom is 0.256 e. The molecule has 2 amide bonds. The highest BCUT2D eigenvalue weighted by Gasteiger charge is 2.34. The van der Waals surface area contributed by atoms with Gasteiger partial charge in [-0.3, -0.25) is 9.59 Å². The molecule has 2 aromatic rings. The minimum Gasteiger partial charge on any atom is -0.338 e. The predicted molar refractivity (Wildman–Crippen MR) is 95.0 cm³/mol. The molecule has 1 aliphatic heterocycles. The fourth-order valence-electron chi connectivity index (χ4n) is 3.18. The van der Waals surface area contributed by atoms with E-state index in [0.29, 0.717) is 25.1 Å². The van der Waals surface area contributed by atoms with Gasteiger partial charge in [-0.15, -0.1) is 0 Å². The molecule has 0 radical (unpaired) electrons. The number of benzene rings is 2. The summed E-state index contributed by atoms with van der Waals surface area (Å²) in [5, 5.41) is 0. The Labute approximate surface area is 146 Å². The van der Waals surface area contributed by atoms with Crippen molar-refractivity contribution in [3.63, 3.8) is 0 Å². The third-order valence-corrected chi connectivity index (χ3v) is 4.72. The molecule has 3 rings (SSSR count). The van der Waals surface area contributed by atoms with Crippen molar-refractivity contribution in [2.24, 2.45) is 5.92 Å². The van der Waals surface area contributed by atoms with Crippen molar-refractivity contribution in [3.05, 3.63) is 65.5 Å². The molecule has 5 heteroatoms. The lowest BCUT2D eigenvalue weighted by Crippen LogP contribution is -2.36. The average molecular weight is 340 g/mol. The summed E-state index contributed by atoms with van der Waals surface area (Å²) < 4.78 is 14.2. The fourth-order valence-corrected chi connectivity index (χ4v) is 3.18. The van der Waals surface area contributed by atoms with Crippen LogP contribution < -0.4 is 4.90 Å². The van der Waals surface area contributed by atoms with Gasteiger partial charge in [-0.05, 0) is 37.1 Å². The second kappa shape index (κ2) is 7.05. The standard InChI is InChI=1S/C20H21FN2O2/c1-14-7-6-10-17(18(14)21)20(25)23-12-11-15(13-23)19(24)22(2)16-8-4-3-5-9-16/h3-10,15H,11-13H2,1-2H3. The Kier molecular flexibility index (Phi) is 4.83. The van der Waals surface area contributed by atoms with E-state index in [9.17, 15) is 14.0 Å². The fraction of sp³-hybridized carbons (Fsp3) is 0.300. The lowest BCUT2D eigenvalue weighted by molar-refractivity contribution is -0.121. The van der Waals surface area contributed by atoms with E-state index in [1.807, 2.05) is 30.3 Å². The monoisotopic (exact) mass is 340 g/mol. The van der Waals surface area contributed by atoms with Crippen molar-refractivity contribution < 1.29 is 14.0 Å². The zero-order valence-electron chi connectivity index (χ0n) is 14.4. The van der Waals surface area contributed by atoms with E-state index in [2.05, 4.69) is 0 Å². The molecule has 0 aromatic heterocycles. The van der Waals surface area contributed by atoms with Gasteiger partial charge in [0.25, 0.3) is 5.91 Å². The van der Waals surface area contributed by atoms with Crippen LogP contribution in [-0.2, 0) is 4.79 Å². The maximum absolute atomic E-state index is 14.2. The molecule has 1 unspecified atom stereocenters. The number of carbonyl (C=O) groups excluding carboxylic acids is 2. The molecule has 0 aliphatic carbocycles. The second-order valence-corrected chi connectivity index (χ2v) is 6.41. The molecule has 0 bridgehead atoms. The highest BCUT2D eigenvalue weighted by atomic mass is 19.1. The summed E-state index contributed by atoms with van der Waals surface area (Å²) in [5.41, 5.74) is 1.34. The van der Waals surface area contributed by atoms with Crippen molar-refractivity contribution >= 4 is 17.5 Å². The average Bonchev–Trinajstić information content (AvgIpc) is 3.13. The Morgan fingerprint density at radius 2 is 1.84 bits per heavy atom. The summed E-state index contributed by atoms with van der Waals surface area (Å²) in [6, 6.07) is 14.2. The third kappa shape index (κ3) is 3.40. The number of nitrogens with zero attached hydrogens (tertiary/aromatic N) is 2. The van der Waals surface area contributed by atoms with Crippen molar-refractivity contribution in [1.29, 1.82) is 0 Å². The molecule has 1 aliphatic rings. The molecule has 0 spiro atoms. The number of aryl methyl sites for hydroxylation is 1. The van der Waals surface area contributed by atoms with Gasteiger partial charge in [-0.2, -0.15) is 0 Å². The van der Waals surface area contributed by atoms with Gasteiger partial charge in [0.15, 0.2) is 0 Å². The molecule has 0 saturated carbocycles. The highest BCUT2D eigenvalue weighted by molar-refractivity contribution is 5.98. The molecule has 1 saturated heterocycles. The maximum atomic E-state index is 14.2. The van der Waals surface area contributed by atoms with Crippen LogP contribution in [0, 0.1) is 18.7 Å². The second-order valence-electron chi connectivity index (χ2n) is 6.41. The molecular weight excluding hydrogens is 319 g/mol. The largest absolute Gasteiger partial charge is 0.338 e. The Morgan fingerprint density at radius 1 is 1.12 bits per heavy atom. The van der Waals surface area contributed by atoms with Crippen LogP contribution in [0.1, 0.15) is 22.3 Å². The lowest BCUT2D eigenvalue weighted by atomic mass is 10.1. The third-order valence-electron chi connectivity index (χ3n) is 4.72. The predicted octanol–water partition coefficient (Wildman–Crippen LogP) is 3.26. The van der Waals surface area contributed by atoms with Crippen LogP contribution in [0.4, 0.5) is 10.1 Å². The van der Waals surface area contributed by atoms with Gasteiger partial charge >= 0.3 is 0 Å². The van der Waals surface area contributed by atoms with Gasteiger partial charge < -0.3 is 9.80 Å². The molecule has 1 heterocycles. The number of amides is 2. The SMILES string of the molecule is Cc1cccc(C(=O)N2CCC(C(=O)N(C)c3ccccc3)C2)c1F. The van der Waals surface area contributed by atoms with E-state index < -0.39 is 5.82 Å². The van der Waals surface area contributed by atoms with Gasteiger partial charge in [-0.25, -0.2) is 4.39 Å². The van der Waals surface area contributed by atoms with E-state index in [4.69, 9.17) is 0 Å². The summed E-state index contributed by atoms with van der Waals surface area (Å²) in [6.45, 7) is 2.42. The first-order chi connectivity index (χ1) is 12.0. The number of rotatable bonds is 3. The molecular formula is C20H21FN2O2. The van der Waals surface area contributed by atoms with Crippen LogP contribution in [0.15, 0.2) is 48.5 Å². The highest BCUT2D eigenvalue weighted by Crippen LogP contribution is 2.24. The summed E-state index contributed by atoms with van der Waals surface area (Å²) in [4.78, 5) is 28.5. The van der Waals surface area contributed by atoms with Crippen LogP contribution in [0.5, 0.6) is 0 Å². The minimum atomic E-state index is -0.483. The van der Waals surface area contributed by atoms with Crippen molar-refractivity contribution in [2.45, 2.75) is 13.3 Å². The van der Waals surface area contributed by atoms with E-state index in [-0.39, 0.29) is 23.3 Å². The van der Waals surface area contributed by atoms with Crippen molar-refractivity contribution in [1.82, 2.24) is 4.90 Å². The van der Waals surface area contributed by atoms with E-state index in [1.54, 1.807) is 35.9 Å². The number of para-hydroxylation sites is 1. The number of hydrogen-bond acceptors (Lipinski definition) is 2. The van der Waals surface area contributed by atoms with Crippen molar-refractivity contribution in [2.75, 3.05) is 25.0 Å². The summed E-state index contributed by atoms with van der Waals surface area (Å²) in [7, 11) is 1.74. The number of anilines is 1.